The number of hydrogen-bond donors (Lipinski definition) is 0. The number of methoxy groups -OCH3 is 1. The number of halogens is 1. The lowest BCUT2D eigenvalue weighted by Crippen LogP contribution is -2.11. The molecule has 1 heterocycles. The second kappa shape index (κ2) is 5.14. The number of benzene rings is 1. The maximum absolute atomic E-state index is 5.77. The highest BCUT2D eigenvalue weighted by atomic mass is 35.5. The third-order valence-corrected chi connectivity index (χ3v) is 2.88. The molecule has 0 fully saturated rings. The first-order valence-electron chi connectivity index (χ1n) is 5.23. The first kappa shape index (κ1) is 11.9. The van der Waals surface area contributed by atoms with Crippen molar-refractivity contribution in [3.05, 3.63) is 35.7 Å². The lowest BCUT2D eigenvalue weighted by Gasteiger charge is -2.13. The van der Waals surface area contributed by atoms with E-state index < -0.39 is 0 Å². The lowest BCUT2D eigenvalue weighted by molar-refractivity contribution is 0.414. The van der Waals surface area contributed by atoms with Gasteiger partial charge < -0.3 is 4.74 Å². The van der Waals surface area contributed by atoms with E-state index in [0.29, 0.717) is 11.7 Å². The average molecular weight is 253 g/mol. The molecule has 0 spiro atoms. The monoisotopic (exact) mass is 252 g/mol. The van der Waals surface area contributed by atoms with Crippen LogP contribution in [0.25, 0.3) is 0 Å². The summed E-state index contributed by atoms with van der Waals surface area (Å²) in [4.78, 5) is 0. The zero-order valence-electron chi connectivity index (χ0n) is 9.67. The molecular formula is C11H13ClN4O. The van der Waals surface area contributed by atoms with Crippen molar-refractivity contribution < 1.29 is 4.74 Å². The van der Waals surface area contributed by atoms with Crippen molar-refractivity contribution >= 4 is 11.6 Å². The summed E-state index contributed by atoms with van der Waals surface area (Å²) in [6, 6.07) is 7.85. The number of hydrogen-bond acceptors (Lipinski definition) is 4. The zero-order valence-corrected chi connectivity index (χ0v) is 10.4. The van der Waals surface area contributed by atoms with Crippen LogP contribution < -0.4 is 4.74 Å². The van der Waals surface area contributed by atoms with Gasteiger partial charge in [0.2, 0.25) is 0 Å². The van der Waals surface area contributed by atoms with Crippen molar-refractivity contribution in [3.8, 4) is 5.75 Å². The van der Waals surface area contributed by atoms with Crippen molar-refractivity contribution in [2.24, 2.45) is 0 Å². The summed E-state index contributed by atoms with van der Waals surface area (Å²) in [5.74, 6) is 1.79. The highest BCUT2D eigenvalue weighted by Crippen LogP contribution is 2.21. The van der Waals surface area contributed by atoms with Crippen molar-refractivity contribution in [3.63, 3.8) is 0 Å². The molecule has 0 aliphatic carbocycles. The Kier molecular flexibility index (Phi) is 3.58. The van der Waals surface area contributed by atoms with E-state index in [1.54, 1.807) is 11.8 Å². The predicted molar refractivity (Wildman–Crippen MR) is 64.2 cm³/mol. The Bertz CT molecular complexity index is 482. The SMILES string of the molecule is COc1ccc(C(C)n2nnnc2CCl)cc1. The fraction of sp³-hybridized carbons (Fsp3) is 0.364. The Morgan fingerprint density at radius 1 is 1.35 bits per heavy atom. The van der Waals surface area contributed by atoms with Gasteiger partial charge in [0.15, 0.2) is 5.82 Å². The minimum atomic E-state index is 0.0460. The maximum atomic E-state index is 5.77. The van der Waals surface area contributed by atoms with E-state index in [1.807, 2.05) is 31.2 Å². The smallest absolute Gasteiger partial charge is 0.166 e. The number of ether oxygens (including phenoxy) is 1. The minimum absolute atomic E-state index is 0.0460. The van der Waals surface area contributed by atoms with E-state index in [1.165, 1.54) is 0 Å². The van der Waals surface area contributed by atoms with Crippen LogP contribution in [0.5, 0.6) is 5.75 Å². The molecule has 2 rings (SSSR count). The van der Waals surface area contributed by atoms with Crippen LogP contribution in [0.15, 0.2) is 24.3 Å². The first-order chi connectivity index (χ1) is 8.26. The molecule has 1 unspecified atom stereocenters. The summed E-state index contributed by atoms with van der Waals surface area (Å²) in [6.45, 7) is 2.02. The Labute approximate surface area is 104 Å². The molecule has 90 valence electrons. The Hall–Kier alpha value is -1.62. The van der Waals surface area contributed by atoms with Crippen LogP contribution in [0.1, 0.15) is 24.4 Å². The van der Waals surface area contributed by atoms with Crippen LogP contribution in [0.2, 0.25) is 0 Å². The standard InChI is InChI=1S/C11H13ClN4O/c1-8(16-11(7-12)13-14-15-16)9-3-5-10(17-2)6-4-9/h3-6,8H,7H2,1-2H3. The predicted octanol–water partition coefficient (Wildman–Crippen LogP) is 2.03. The Morgan fingerprint density at radius 3 is 2.65 bits per heavy atom. The third-order valence-electron chi connectivity index (χ3n) is 2.65. The lowest BCUT2D eigenvalue weighted by atomic mass is 10.1. The molecule has 0 saturated heterocycles. The van der Waals surface area contributed by atoms with E-state index in [0.717, 1.165) is 11.3 Å². The molecule has 0 amide bonds. The van der Waals surface area contributed by atoms with Gasteiger partial charge in [-0.3, -0.25) is 0 Å². The van der Waals surface area contributed by atoms with Crippen LogP contribution in [0.4, 0.5) is 0 Å². The molecule has 0 N–H and O–H groups in total. The highest BCUT2D eigenvalue weighted by molar-refractivity contribution is 6.16. The van der Waals surface area contributed by atoms with Gasteiger partial charge in [0.1, 0.15) is 5.75 Å². The molecular weight excluding hydrogens is 240 g/mol. The van der Waals surface area contributed by atoms with Gasteiger partial charge in [-0.15, -0.1) is 16.7 Å². The number of tetrazole rings is 1. The Morgan fingerprint density at radius 2 is 2.06 bits per heavy atom. The van der Waals surface area contributed by atoms with Gasteiger partial charge in [-0.05, 0) is 35.0 Å². The van der Waals surface area contributed by atoms with Gasteiger partial charge in [0, 0.05) is 0 Å². The van der Waals surface area contributed by atoms with Crippen molar-refractivity contribution in [2.75, 3.05) is 7.11 Å². The number of aromatic nitrogens is 4. The van der Waals surface area contributed by atoms with Crippen molar-refractivity contribution in [1.29, 1.82) is 0 Å². The Balaban J connectivity index is 2.27. The quantitative estimate of drug-likeness (QED) is 0.782. The number of rotatable bonds is 4. The van der Waals surface area contributed by atoms with E-state index in [-0.39, 0.29) is 6.04 Å². The van der Waals surface area contributed by atoms with Gasteiger partial charge in [-0.2, -0.15) is 0 Å². The summed E-state index contributed by atoms with van der Waals surface area (Å²) < 4.78 is 6.83. The summed E-state index contributed by atoms with van der Waals surface area (Å²) in [5, 5.41) is 11.4. The van der Waals surface area contributed by atoms with Gasteiger partial charge in [-0.25, -0.2) is 4.68 Å². The van der Waals surface area contributed by atoms with Crippen LogP contribution in [-0.4, -0.2) is 27.3 Å². The van der Waals surface area contributed by atoms with E-state index in [2.05, 4.69) is 15.5 Å². The fourth-order valence-corrected chi connectivity index (χ4v) is 1.80. The van der Waals surface area contributed by atoms with Crippen LogP contribution in [0.3, 0.4) is 0 Å². The summed E-state index contributed by atoms with van der Waals surface area (Å²) in [5.41, 5.74) is 1.10. The van der Waals surface area contributed by atoms with Gasteiger partial charge in [-0.1, -0.05) is 12.1 Å². The first-order valence-corrected chi connectivity index (χ1v) is 5.76. The third kappa shape index (κ3) is 2.39. The van der Waals surface area contributed by atoms with Crippen molar-refractivity contribution in [2.45, 2.75) is 18.8 Å². The van der Waals surface area contributed by atoms with E-state index >= 15 is 0 Å². The second-order valence-corrected chi connectivity index (χ2v) is 3.89. The van der Waals surface area contributed by atoms with Crippen LogP contribution in [0, 0.1) is 0 Å². The maximum Gasteiger partial charge on any atom is 0.166 e. The molecule has 1 aromatic heterocycles. The summed E-state index contributed by atoms with van der Waals surface area (Å²) in [6.07, 6.45) is 0. The molecule has 0 saturated carbocycles. The minimum Gasteiger partial charge on any atom is -0.497 e. The molecule has 5 nitrogen and oxygen atoms in total. The summed E-state index contributed by atoms with van der Waals surface area (Å²) in [7, 11) is 1.64. The van der Waals surface area contributed by atoms with Gasteiger partial charge in [0.25, 0.3) is 0 Å². The average Bonchev–Trinajstić information content (AvgIpc) is 2.86. The van der Waals surface area contributed by atoms with Gasteiger partial charge >= 0.3 is 0 Å². The zero-order chi connectivity index (χ0) is 12.3. The number of nitrogens with zero attached hydrogens (tertiary/aromatic N) is 4. The molecule has 6 heteroatoms. The second-order valence-electron chi connectivity index (χ2n) is 3.62. The molecule has 0 aliphatic heterocycles. The fourth-order valence-electron chi connectivity index (χ4n) is 1.62. The largest absolute Gasteiger partial charge is 0.497 e. The normalized spacial score (nSPS) is 12.4. The van der Waals surface area contributed by atoms with Crippen molar-refractivity contribution in [1.82, 2.24) is 20.2 Å². The molecule has 1 aromatic carbocycles. The summed E-state index contributed by atoms with van der Waals surface area (Å²) >= 11 is 5.77. The molecule has 1 atom stereocenters. The van der Waals surface area contributed by atoms with E-state index in [4.69, 9.17) is 16.3 Å². The molecule has 0 aliphatic rings. The molecule has 0 radical (unpaired) electrons. The molecule has 17 heavy (non-hydrogen) atoms. The van der Waals surface area contributed by atoms with Crippen LogP contribution in [-0.2, 0) is 5.88 Å². The number of alkyl halides is 1. The van der Waals surface area contributed by atoms with E-state index in [9.17, 15) is 0 Å². The highest BCUT2D eigenvalue weighted by Gasteiger charge is 2.13. The van der Waals surface area contributed by atoms with Gasteiger partial charge in [0.05, 0.1) is 19.0 Å². The topological polar surface area (TPSA) is 52.8 Å². The molecule has 0 bridgehead atoms. The van der Waals surface area contributed by atoms with Crippen LogP contribution >= 0.6 is 11.6 Å². The molecule has 2 aromatic rings.